The minimum atomic E-state index is -0.207. The van der Waals surface area contributed by atoms with Crippen molar-refractivity contribution in [2.75, 3.05) is 12.0 Å². The number of ether oxygens (including phenoxy) is 1. The summed E-state index contributed by atoms with van der Waals surface area (Å²) < 4.78 is 13.5. The lowest BCUT2D eigenvalue weighted by atomic mass is 10.0. The number of hydrogen-bond acceptors (Lipinski definition) is 5. The molecule has 0 radical (unpaired) electrons. The van der Waals surface area contributed by atoms with Crippen LogP contribution >= 0.6 is 23.2 Å². The summed E-state index contributed by atoms with van der Waals surface area (Å²) in [5.41, 5.74) is 5.54. The highest BCUT2D eigenvalue weighted by molar-refractivity contribution is 6.42. The fourth-order valence-electron chi connectivity index (χ4n) is 6.04. The van der Waals surface area contributed by atoms with E-state index in [1.165, 1.54) is 0 Å². The Balaban J connectivity index is 1.50. The predicted octanol–water partition coefficient (Wildman–Crippen LogP) is 7.22. The normalized spacial score (nSPS) is 22.0. The van der Waals surface area contributed by atoms with Gasteiger partial charge in [-0.25, -0.2) is 4.98 Å². The number of carbonyl (C=O) groups excluding carboxylic acids is 1. The van der Waals surface area contributed by atoms with Gasteiger partial charge < -0.3 is 18.7 Å². The number of carbonyl (C=O) groups is 1. The number of rotatable bonds is 5. The third-order valence-corrected chi connectivity index (χ3v) is 8.52. The molecule has 1 aliphatic carbocycles. The number of benzene rings is 2. The number of nitrogens with zero attached hydrogens (tertiary/aromatic N) is 4. The van der Waals surface area contributed by atoms with E-state index in [0.29, 0.717) is 22.9 Å². The van der Waals surface area contributed by atoms with Crippen LogP contribution in [0, 0.1) is 13.8 Å². The quantitative estimate of drug-likeness (QED) is 0.268. The Bertz CT molecular complexity index is 1490. The Morgan fingerprint density at radius 1 is 1.05 bits per heavy atom. The smallest absolute Gasteiger partial charge is 0.227 e. The summed E-state index contributed by atoms with van der Waals surface area (Å²) >= 11 is 12.5. The maximum atomic E-state index is 13.2. The molecule has 3 heterocycles. The molecule has 37 heavy (non-hydrogen) atoms. The van der Waals surface area contributed by atoms with E-state index in [1.807, 2.05) is 24.8 Å². The number of aryl methyl sites for hydroxylation is 2. The SMILES string of the molecule is CO[C@@H]1CC[C@@H](n2c([C@@H]3CCC(=O)N3c3ccc(Cl)c(Cl)c3)nc3cc(-c4c(C)noc4C)ccc32)C1. The van der Waals surface area contributed by atoms with Crippen molar-refractivity contribution in [2.24, 2.45) is 0 Å². The van der Waals surface area contributed by atoms with Crippen LogP contribution in [-0.2, 0) is 9.53 Å². The first-order valence-corrected chi connectivity index (χ1v) is 13.4. The number of anilines is 1. The van der Waals surface area contributed by atoms with Crippen molar-refractivity contribution in [3.05, 3.63) is 63.7 Å². The molecule has 1 saturated carbocycles. The van der Waals surface area contributed by atoms with Gasteiger partial charge in [-0.05, 0) is 75.4 Å². The molecule has 6 rings (SSSR count). The van der Waals surface area contributed by atoms with Crippen LogP contribution in [0.3, 0.4) is 0 Å². The monoisotopic (exact) mass is 538 g/mol. The molecular weight excluding hydrogens is 511 g/mol. The van der Waals surface area contributed by atoms with Crippen molar-refractivity contribution in [3.8, 4) is 11.1 Å². The lowest BCUT2D eigenvalue weighted by Gasteiger charge is -2.27. The van der Waals surface area contributed by atoms with Gasteiger partial charge in [0.15, 0.2) is 0 Å². The molecule has 192 valence electrons. The van der Waals surface area contributed by atoms with Gasteiger partial charge in [-0.3, -0.25) is 4.79 Å². The first-order chi connectivity index (χ1) is 17.9. The second-order valence-corrected chi connectivity index (χ2v) is 10.8. The lowest BCUT2D eigenvalue weighted by molar-refractivity contribution is -0.117. The minimum absolute atomic E-state index is 0.0552. The van der Waals surface area contributed by atoms with Crippen molar-refractivity contribution in [2.45, 2.75) is 64.1 Å². The van der Waals surface area contributed by atoms with Crippen LogP contribution in [0.1, 0.15) is 61.5 Å². The van der Waals surface area contributed by atoms with E-state index < -0.39 is 0 Å². The van der Waals surface area contributed by atoms with Crippen molar-refractivity contribution in [3.63, 3.8) is 0 Å². The van der Waals surface area contributed by atoms with Crippen LogP contribution < -0.4 is 4.90 Å². The summed E-state index contributed by atoms with van der Waals surface area (Å²) in [6.45, 7) is 3.87. The Labute approximate surface area is 225 Å². The van der Waals surface area contributed by atoms with Gasteiger partial charge in [-0.15, -0.1) is 0 Å². The molecule has 4 aromatic rings. The van der Waals surface area contributed by atoms with E-state index in [2.05, 4.69) is 27.9 Å². The molecule has 2 aromatic heterocycles. The molecular formula is C28H28Cl2N4O3. The molecule has 2 aromatic carbocycles. The molecule has 0 N–H and O–H groups in total. The summed E-state index contributed by atoms with van der Waals surface area (Å²) in [4.78, 5) is 20.2. The minimum Gasteiger partial charge on any atom is -0.381 e. The van der Waals surface area contributed by atoms with Crippen LogP contribution in [0.4, 0.5) is 5.69 Å². The van der Waals surface area contributed by atoms with Crippen LogP contribution in [-0.4, -0.2) is 33.8 Å². The van der Waals surface area contributed by atoms with E-state index in [1.54, 1.807) is 19.2 Å². The molecule has 9 heteroatoms. The van der Waals surface area contributed by atoms with Crippen LogP contribution in [0.5, 0.6) is 0 Å². The Kier molecular flexibility index (Phi) is 6.25. The topological polar surface area (TPSA) is 73.4 Å². The van der Waals surface area contributed by atoms with Crippen molar-refractivity contribution in [1.82, 2.24) is 14.7 Å². The van der Waals surface area contributed by atoms with Crippen LogP contribution in [0.15, 0.2) is 40.9 Å². The van der Waals surface area contributed by atoms with E-state index in [-0.39, 0.29) is 24.1 Å². The van der Waals surface area contributed by atoms with Crippen molar-refractivity contribution >= 4 is 45.8 Å². The molecule has 1 amide bonds. The highest BCUT2D eigenvalue weighted by atomic mass is 35.5. The Morgan fingerprint density at radius 2 is 1.89 bits per heavy atom. The third-order valence-electron chi connectivity index (χ3n) is 7.79. The number of methoxy groups -OCH3 is 1. The number of halogens is 2. The van der Waals surface area contributed by atoms with Gasteiger partial charge in [-0.1, -0.05) is 34.4 Å². The molecule has 7 nitrogen and oxygen atoms in total. The maximum absolute atomic E-state index is 13.2. The van der Waals surface area contributed by atoms with Gasteiger partial charge >= 0.3 is 0 Å². The summed E-state index contributed by atoms with van der Waals surface area (Å²) in [5.74, 6) is 1.73. The number of imidazole rings is 1. The lowest BCUT2D eigenvalue weighted by Crippen LogP contribution is -2.29. The molecule has 1 aliphatic heterocycles. The number of amides is 1. The second kappa shape index (κ2) is 9.46. The van der Waals surface area contributed by atoms with Crippen molar-refractivity contribution in [1.29, 1.82) is 0 Å². The number of aromatic nitrogens is 3. The van der Waals surface area contributed by atoms with Crippen molar-refractivity contribution < 1.29 is 14.1 Å². The van der Waals surface area contributed by atoms with E-state index >= 15 is 0 Å². The molecule has 0 bridgehead atoms. The average Bonchev–Trinajstić information content (AvgIpc) is 3.65. The molecule has 3 atom stereocenters. The predicted molar refractivity (Wildman–Crippen MR) is 144 cm³/mol. The van der Waals surface area contributed by atoms with Gasteiger partial charge in [0.05, 0.1) is 38.9 Å². The zero-order chi connectivity index (χ0) is 25.8. The summed E-state index contributed by atoms with van der Waals surface area (Å²) in [5, 5.41) is 5.01. The van der Waals surface area contributed by atoms with Gasteiger partial charge in [0.1, 0.15) is 11.6 Å². The van der Waals surface area contributed by atoms with Gasteiger partial charge in [0, 0.05) is 30.8 Å². The number of hydrogen-bond donors (Lipinski definition) is 0. The highest BCUT2D eigenvalue weighted by Crippen LogP contribution is 2.43. The molecule has 1 saturated heterocycles. The third kappa shape index (κ3) is 4.13. The second-order valence-electron chi connectivity index (χ2n) is 9.98. The summed E-state index contributed by atoms with van der Waals surface area (Å²) in [7, 11) is 1.78. The zero-order valence-electron chi connectivity index (χ0n) is 21.0. The highest BCUT2D eigenvalue weighted by Gasteiger charge is 2.39. The Morgan fingerprint density at radius 3 is 2.59 bits per heavy atom. The fraction of sp³-hybridized carbons (Fsp3) is 0.393. The average molecular weight is 539 g/mol. The van der Waals surface area contributed by atoms with E-state index in [4.69, 9.17) is 37.4 Å². The first-order valence-electron chi connectivity index (χ1n) is 12.6. The molecule has 0 spiro atoms. The largest absolute Gasteiger partial charge is 0.381 e. The van der Waals surface area contributed by atoms with E-state index in [0.717, 1.165) is 64.4 Å². The molecule has 2 fully saturated rings. The zero-order valence-corrected chi connectivity index (χ0v) is 22.5. The molecule has 2 aliphatic rings. The first kappa shape index (κ1) is 24.5. The number of fused-ring (bicyclic) bond motifs is 1. The molecule has 0 unspecified atom stereocenters. The fourth-order valence-corrected chi connectivity index (χ4v) is 6.33. The summed E-state index contributed by atoms with van der Waals surface area (Å²) in [6.07, 6.45) is 4.25. The summed E-state index contributed by atoms with van der Waals surface area (Å²) in [6, 6.07) is 11.7. The maximum Gasteiger partial charge on any atom is 0.227 e. The van der Waals surface area contributed by atoms with Gasteiger partial charge in [0.25, 0.3) is 0 Å². The van der Waals surface area contributed by atoms with Gasteiger partial charge in [0.2, 0.25) is 5.91 Å². The van der Waals surface area contributed by atoms with Gasteiger partial charge in [-0.2, -0.15) is 0 Å². The Hall–Kier alpha value is -2.87. The van der Waals surface area contributed by atoms with E-state index in [9.17, 15) is 4.79 Å². The standard InChI is InChI=1S/C28H28Cl2N4O3/c1-15-27(16(2)37-32-15)17-4-9-24-23(12-17)31-28(34(24)18-5-7-20(13-18)36-3)25-10-11-26(35)33(25)19-6-8-21(29)22(30)14-19/h4,6,8-9,12,14,18,20,25H,5,7,10-11,13H2,1-3H3/t18-,20-,25+/m1/s1. The van der Waals surface area contributed by atoms with Crippen LogP contribution in [0.2, 0.25) is 10.0 Å². The van der Waals surface area contributed by atoms with Crippen LogP contribution in [0.25, 0.3) is 22.2 Å².